The predicted octanol–water partition coefficient (Wildman–Crippen LogP) is 4.50. The Morgan fingerprint density at radius 3 is 2.62 bits per heavy atom. The number of carbonyl (C=O) groups excluding carboxylic acids is 1. The van der Waals surface area contributed by atoms with Crippen LogP contribution in [0.2, 0.25) is 10.2 Å². The van der Waals surface area contributed by atoms with Crippen LogP contribution in [0.5, 0.6) is 0 Å². The van der Waals surface area contributed by atoms with Crippen LogP contribution in [0.25, 0.3) is 0 Å². The maximum Gasteiger partial charge on any atom is 0.407 e. The summed E-state index contributed by atoms with van der Waals surface area (Å²) in [6.45, 7) is 0.956. The number of nitrogens with zero attached hydrogens (tertiary/aromatic N) is 2. The normalized spacial score (nSPS) is 16.4. The van der Waals surface area contributed by atoms with Crippen molar-refractivity contribution in [1.29, 1.82) is 0 Å². The third kappa shape index (κ3) is 4.36. The Morgan fingerprint density at radius 1 is 1.19 bits per heavy atom. The Labute approximate surface area is 159 Å². The zero-order valence-electron chi connectivity index (χ0n) is 13.6. The molecule has 2 aromatic rings. The fourth-order valence-electron chi connectivity index (χ4n) is 2.83. The summed E-state index contributed by atoms with van der Waals surface area (Å²) >= 11 is 12.0. The summed E-state index contributed by atoms with van der Waals surface area (Å²) in [5.41, 5.74) is 1.91. The molecule has 7 nitrogen and oxygen atoms in total. The molecule has 1 atom stereocenters. The number of carboxylic acid groups (broad SMARTS) is 1. The summed E-state index contributed by atoms with van der Waals surface area (Å²) in [7, 11) is 0. The van der Waals surface area contributed by atoms with Crippen molar-refractivity contribution in [2.75, 3.05) is 23.7 Å². The minimum Gasteiger partial charge on any atom is -0.465 e. The lowest BCUT2D eigenvalue weighted by Crippen LogP contribution is -2.26. The number of benzene rings is 1. The van der Waals surface area contributed by atoms with Crippen LogP contribution in [0.15, 0.2) is 36.5 Å². The maximum absolute atomic E-state index is 12.1. The van der Waals surface area contributed by atoms with Gasteiger partial charge in [-0.3, -0.25) is 0 Å². The molecule has 2 heterocycles. The van der Waals surface area contributed by atoms with Crippen LogP contribution in [0.3, 0.4) is 0 Å². The average Bonchev–Trinajstić information content (AvgIpc) is 3.09. The Hall–Kier alpha value is -2.51. The van der Waals surface area contributed by atoms with E-state index in [1.165, 1.54) is 11.1 Å². The number of amides is 3. The molecule has 3 amide bonds. The number of pyridine rings is 1. The second-order valence-corrected chi connectivity index (χ2v) is 6.70. The van der Waals surface area contributed by atoms with E-state index in [1.54, 1.807) is 24.3 Å². The SMILES string of the molecule is O=C(Nc1ccc(Cl)nc1)Nc1ccc(C2CCN(C(=O)O)C2)cc1Cl. The van der Waals surface area contributed by atoms with Gasteiger partial charge in [-0.15, -0.1) is 0 Å². The summed E-state index contributed by atoms with van der Waals surface area (Å²) < 4.78 is 0. The van der Waals surface area contributed by atoms with E-state index in [2.05, 4.69) is 15.6 Å². The smallest absolute Gasteiger partial charge is 0.407 e. The summed E-state index contributed by atoms with van der Waals surface area (Å²) in [5.74, 6) is 0.103. The highest BCUT2D eigenvalue weighted by molar-refractivity contribution is 6.34. The van der Waals surface area contributed by atoms with Gasteiger partial charge in [0.2, 0.25) is 0 Å². The molecule has 1 aromatic heterocycles. The lowest BCUT2D eigenvalue weighted by atomic mass is 9.98. The predicted molar refractivity (Wildman–Crippen MR) is 100 cm³/mol. The summed E-state index contributed by atoms with van der Waals surface area (Å²) in [6, 6.07) is 8.07. The van der Waals surface area contributed by atoms with Crippen molar-refractivity contribution in [3.63, 3.8) is 0 Å². The highest BCUT2D eigenvalue weighted by Crippen LogP contribution is 2.32. The van der Waals surface area contributed by atoms with Crippen LogP contribution in [-0.4, -0.2) is 40.2 Å². The molecule has 1 unspecified atom stereocenters. The topological polar surface area (TPSA) is 94.6 Å². The molecular formula is C17H16Cl2N4O3. The monoisotopic (exact) mass is 394 g/mol. The minimum absolute atomic E-state index is 0.103. The van der Waals surface area contributed by atoms with Crippen molar-refractivity contribution in [1.82, 2.24) is 9.88 Å². The van der Waals surface area contributed by atoms with Gasteiger partial charge in [0.05, 0.1) is 22.6 Å². The van der Waals surface area contributed by atoms with E-state index < -0.39 is 12.1 Å². The number of likely N-dealkylation sites (tertiary alicyclic amines) is 1. The van der Waals surface area contributed by atoms with Crippen LogP contribution >= 0.6 is 23.2 Å². The van der Waals surface area contributed by atoms with Gasteiger partial charge >= 0.3 is 12.1 Å². The number of halogens is 2. The highest BCUT2D eigenvalue weighted by atomic mass is 35.5. The second kappa shape index (κ2) is 7.80. The van der Waals surface area contributed by atoms with Crippen LogP contribution in [0.1, 0.15) is 17.9 Å². The Morgan fingerprint density at radius 2 is 2.00 bits per heavy atom. The molecule has 136 valence electrons. The van der Waals surface area contributed by atoms with Crippen molar-refractivity contribution in [3.8, 4) is 0 Å². The van der Waals surface area contributed by atoms with Gasteiger partial charge in [-0.25, -0.2) is 14.6 Å². The quantitative estimate of drug-likeness (QED) is 0.667. The molecule has 1 aliphatic heterocycles. The summed E-state index contributed by atoms with van der Waals surface area (Å²) in [6.07, 6.45) is 1.28. The van der Waals surface area contributed by atoms with Gasteiger partial charge in [-0.1, -0.05) is 29.3 Å². The first kappa shape index (κ1) is 18.3. The van der Waals surface area contributed by atoms with Crippen LogP contribution in [0.4, 0.5) is 21.0 Å². The van der Waals surface area contributed by atoms with E-state index in [4.69, 9.17) is 28.3 Å². The van der Waals surface area contributed by atoms with E-state index in [1.807, 2.05) is 6.07 Å². The van der Waals surface area contributed by atoms with E-state index in [9.17, 15) is 9.59 Å². The van der Waals surface area contributed by atoms with Gasteiger partial charge in [0.25, 0.3) is 0 Å². The molecule has 26 heavy (non-hydrogen) atoms. The van der Waals surface area contributed by atoms with Crippen molar-refractivity contribution in [3.05, 3.63) is 52.3 Å². The molecule has 1 aliphatic rings. The van der Waals surface area contributed by atoms with Crippen LogP contribution in [-0.2, 0) is 0 Å². The van der Waals surface area contributed by atoms with Crippen molar-refractivity contribution in [2.24, 2.45) is 0 Å². The van der Waals surface area contributed by atoms with Gasteiger partial charge in [0.1, 0.15) is 5.15 Å². The van der Waals surface area contributed by atoms with Gasteiger partial charge in [0.15, 0.2) is 0 Å². The van der Waals surface area contributed by atoms with Gasteiger partial charge < -0.3 is 20.6 Å². The van der Waals surface area contributed by atoms with E-state index in [0.717, 1.165) is 12.0 Å². The summed E-state index contributed by atoms with van der Waals surface area (Å²) in [4.78, 5) is 28.4. The molecule has 0 spiro atoms. The first-order valence-corrected chi connectivity index (χ1v) is 8.65. The number of urea groups is 1. The molecule has 0 saturated carbocycles. The molecule has 3 N–H and O–H groups in total. The minimum atomic E-state index is -0.912. The van der Waals surface area contributed by atoms with Crippen molar-refractivity contribution < 1.29 is 14.7 Å². The number of carbonyl (C=O) groups is 2. The molecule has 1 saturated heterocycles. The first-order valence-electron chi connectivity index (χ1n) is 7.89. The van der Waals surface area contributed by atoms with Gasteiger partial charge in [0, 0.05) is 19.0 Å². The zero-order chi connectivity index (χ0) is 18.7. The number of aromatic nitrogens is 1. The van der Waals surface area contributed by atoms with E-state index in [-0.39, 0.29) is 5.92 Å². The Kier molecular flexibility index (Phi) is 5.49. The molecule has 0 aliphatic carbocycles. The standard InChI is InChI=1S/C17H16Cl2N4O3/c18-13-7-10(11-5-6-23(9-11)17(25)26)1-3-14(13)22-16(24)21-12-2-4-15(19)20-8-12/h1-4,7-8,11H,5-6,9H2,(H,25,26)(H2,21,22,24). The third-order valence-corrected chi connectivity index (χ3v) is 4.69. The fourth-order valence-corrected chi connectivity index (χ4v) is 3.18. The molecule has 9 heteroatoms. The number of hydrogen-bond donors (Lipinski definition) is 3. The van der Waals surface area contributed by atoms with Crippen LogP contribution < -0.4 is 10.6 Å². The van der Waals surface area contributed by atoms with Crippen molar-refractivity contribution in [2.45, 2.75) is 12.3 Å². The molecular weight excluding hydrogens is 379 g/mol. The third-order valence-electron chi connectivity index (χ3n) is 4.16. The number of hydrogen-bond acceptors (Lipinski definition) is 3. The zero-order valence-corrected chi connectivity index (χ0v) is 15.1. The Bertz CT molecular complexity index is 829. The first-order chi connectivity index (χ1) is 12.4. The summed E-state index contributed by atoms with van der Waals surface area (Å²) in [5, 5.41) is 15.1. The maximum atomic E-state index is 12.1. The largest absolute Gasteiger partial charge is 0.465 e. The highest BCUT2D eigenvalue weighted by Gasteiger charge is 2.27. The number of nitrogens with one attached hydrogen (secondary N) is 2. The number of rotatable bonds is 3. The second-order valence-electron chi connectivity index (χ2n) is 5.90. The molecule has 1 fully saturated rings. The van der Waals surface area contributed by atoms with Crippen molar-refractivity contribution >= 4 is 46.7 Å². The molecule has 0 radical (unpaired) electrons. The molecule has 0 bridgehead atoms. The van der Waals surface area contributed by atoms with Gasteiger partial charge in [-0.2, -0.15) is 0 Å². The Balaban J connectivity index is 1.63. The average molecular weight is 395 g/mol. The van der Waals surface area contributed by atoms with E-state index in [0.29, 0.717) is 34.6 Å². The molecule has 3 rings (SSSR count). The lowest BCUT2D eigenvalue weighted by Gasteiger charge is -2.14. The lowest BCUT2D eigenvalue weighted by molar-refractivity contribution is 0.155. The fraction of sp³-hybridized carbons (Fsp3) is 0.235. The molecule has 1 aromatic carbocycles. The van der Waals surface area contributed by atoms with Gasteiger partial charge in [-0.05, 0) is 36.2 Å². The van der Waals surface area contributed by atoms with E-state index >= 15 is 0 Å². The van der Waals surface area contributed by atoms with Crippen LogP contribution in [0, 0.1) is 0 Å². The number of anilines is 2.